The van der Waals surface area contributed by atoms with Gasteiger partial charge in [-0.2, -0.15) is 5.10 Å². The summed E-state index contributed by atoms with van der Waals surface area (Å²) in [4.78, 5) is 0. The van der Waals surface area contributed by atoms with Gasteiger partial charge in [-0.25, -0.2) is 13.0 Å². The van der Waals surface area contributed by atoms with E-state index in [2.05, 4.69) is 10.2 Å². The molecule has 2 rings (SSSR count). The lowest BCUT2D eigenvalue weighted by atomic mass is 10.3. The quantitative estimate of drug-likeness (QED) is 0.309. The van der Waals surface area contributed by atoms with Gasteiger partial charge in [-0.05, 0) is 18.6 Å². The fourth-order valence-corrected chi connectivity index (χ4v) is 2.49. The average molecular weight is 337 g/mol. The molecule has 9 heteroatoms. The Morgan fingerprint density at radius 1 is 1.39 bits per heavy atom. The maximum atomic E-state index is 10.7. The van der Waals surface area contributed by atoms with Gasteiger partial charge >= 0.3 is 0 Å². The van der Waals surface area contributed by atoms with Gasteiger partial charge in [0.2, 0.25) is 0 Å². The summed E-state index contributed by atoms with van der Waals surface area (Å²) < 4.78 is 35.4. The van der Waals surface area contributed by atoms with Crippen molar-refractivity contribution in [3.05, 3.63) is 42.5 Å². The van der Waals surface area contributed by atoms with Crippen LogP contribution in [0.15, 0.2) is 41.8 Å². The van der Waals surface area contributed by atoms with E-state index in [1.165, 1.54) is 0 Å². The molecule has 0 fully saturated rings. The summed E-state index contributed by atoms with van der Waals surface area (Å²) in [6, 6.07) is 9.66. The molecule has 0 radical (unpaired) electrons. The van der Waals surface area contributed by atoms with Crippen LogP contribution < -0.4 is 9.58 Å². The lowest BCUT2D eigenvalue weighted by Gasteiger charge is -2.11. The van der Waals surface area contributed by atoms with E-state index in [1.807, 2.05) is 44.4 Å². The van der Waals surface area contributed by atoms with E-state index < -0.39 is 15.9 Å². The van der Waals surface area contributed by atoms with Gasteiger partial charge in [0.1, 0.15) is 12.8 Å². The Morgan fingerprint density at radius 2 is 2.09 bits per heavy atom. The minimum Gasteiger partial charge on any atom is -0.748 e. The van der Waals surface area contributed by atoms with Crippen LogP contribution in [0.5, 0.6) is 0 Å². The number of hydrogen-bond donors (Lipinski definition) is 0. The highest BCUT2D eigenvalue weighted by Gasteiger charge is 2.14. The Hall–Kier alpha value is -2.26. The number of benzene rings is 1. The molecule has 0 amide bonds. The predicted octanol–water partition coefficient (Wildman–Crippen LogP) is 0.113. The summed E-state index contributed by atoms with van der Waals surface area (Å²) in [5.41, 5.74) is 0.940. The minimum atomic E-state index is -4.20. The van der Waals surface area contributed by atoms with Crippen molar-refractivity contribution in [3.8, 4) is 0 Å². The standard InChI is InChI=1S/C14H19N5O3S/c1-17-12-16-19(9-6-10-23(20,21)22)14(17)11-15-18(2)13-7-4-3-5-8-13/h3-5,7-8,11-12H,6,9-10H2,1-2H3. The largest absolute Gasteiger partial charge is 0.748 e. The number of hydrogen-bond acceptors (Lipinski definition) is 6. The highest BCUT2D eigenvalue weighted by Crippen LogP contribution is 2.10. The van der Waals surface area contributed by atoms with Crippen molar-refractivity contribution >= 4 is 22.0 Å². The van der Waals surface area contributed by atoms with Gasteiger partial charge < -0.3 is 4.55 Å². The molecule has 23 heavy (non-hydrogen) atoms. The van der Waals surface area contributed by atoms with Crippen LogP contribution in [0.4, 0.5) is 5.69 Å². The summed E-state index contributed by atoms with van der Waals surface area (Å²) in [6.45, 7) is 0.332. The fraction of sp³-hybridized carbons (Fsp3) is 0.357. The molecule has 1 aromatic heterocycles. The molecule has 1 aromatic carbocycles. The van der Waals surface area contributed by atoms with Gasteiger partial charge in [-0.3, -0.25) is 5.01 Å². The zero-order chi connectivity index (χ0) is 16.9. The van der Waals surface area contributed by atoms with Gasteiger partial charge in [-0.15, -0.1) is 4.68 Å². The van der Waals surface area contributed by atoms with Crippen LogP contribution >= 0.6 is 0 Å². The highest BCUT2D eigenvalue weighted by molar-refractivity contribution is 7.85. The number of rotatable bonds is 7. The van der Waals surface area contributed by atoms with E-state index in [0.717, 1.165) is 5.69 Å². The number of anilines is 1. The van der Waals surface area contributed by atoms with Crippen molar-refractivity contribution in [2.75, 3.05) is 17.8 Å². The second kappa shape index (κ2) is 7.34. The Kier molecular flexibility index (Phi) is 5.45. The molecule has 0 saturated heterocycles. The molecule has 1 heterocycles. The molecule has 0 unspecified atom stereocenters. The van der Waals surface area contributed by atoms with Crippen LogP contribution in [0.3, 0.4) is 0 Å². The minimum absolute atomic E-state index is 0.211. The number of para-hydroxylation sites is 1. The molecule has 0 aliphatic heterocycles. The normalized spacial score (nSPS) is 12.0. The summed E-state index contributed by atoms with van der Waals surface area (Å²) >= 11 is 0. The lowest BCUT2D eigenvalue weighted by molar-refractivity contribution is -0.673. The molecule has 0 N–H and O–H groups in total. The first kappa shape index (κ1) is 17.1. The monoisotopic (exact) mass is 337 g/mol. The van der Waals surface area contributed by atoms with Crippen LogP contribution in [0.1, 0.15) is 12.2 Å². The molecular formula is C14H19N5O3S. The zero-order valence-corrected chi connectivity index (χ0v) is 13.8. The Morgan fingerprint density at radius 3 is 2.74 bits per heavy atom. The Bertz CT molecular complexity index is 771. The maximum Gasteiger partial charge on any atom is 0.280 e. The zero-order valence-electron chi connectivity index (χ0n) is 13.0. The first-order chi connectivity index (χ1) is 10.9. The van der Waals surface area contributed by atoms with Crippen molar-refractivity contribution in [1.82, 2.24) is 9.78 Å². The third-order valence-electron chi connectivity index (χ3n) is 3.23. The van der Waals surface area contributed by atoms with Crippen LogP contribution in [0, 0.1) is 0 Å². The first-order valence-electron chi connectivity index (χ1n) is 7.04. The van der Waals surface area contributed by atoms with Crippen molar-refractivity contribution in [2.24, 2.45) is 12.1 Å². The average Bonchev–Trinajstić information content (AvgIpc) is 2.85. The van der Waals surface area contributed by atoms with Crippen molar-refractivity contribution in [1.29, 1.82) is 0 Å². The second-order valence-corrected chi connectivity index (χ2v) is 6.57. The molecule has 8 nitrogen and oxygen atoms in total. The van der Waals surface area contributed by atoms with E-state index in [4.69, 9.17) is 0 Å². The number of aryl methyl sites for hydroxylation is 2. The SMILES string of the molecule is CN(N=Cc1n(CCCS(=O)(=O)[O-])nc[n+]1C)c1ccccc1. The van der Waals surface area contributed by atoms with Gasteiger partial charge in [0.05, 0.1) is 22.9 Å². The molecule has 0 saturated carbocycles. The van der Waals surface area contributed by atoms with Crippen molar-refractivity contribution < 1.29 is 17.5 Å². The fourth-order valence-electron chi connectivity index (χ4n) is 2.01. The smallest absolute Gasteiger partial charge is 0.280 e. The third-order valence-corrected chi connectivity index (χ3v) is 4.02. The van der Waals surface area contributed by atoms with E-state index in [-0.39, 0.29) is 6.42 Å². The molecule has 2 aromatic rings. The van der Waals surface area contributed by atoms with Crippen LogP contribution in [-0.4, -0.2) is 41.8 Å². The molecular weight excluding hydrogens is 318 g/mol. The number of nitrogens with zero attached hydrogens (tertiary/aromatic N) is 5. The Labute approximate surface area is 135 Å². The number of hydrazone groups is 1. The molecule has 0 aliphatic carbocycles. The number of aromatic nitrogens is 3. The van der Waals surface area contributed by atoms with Crippen molar-refractivity contribution in [3.63, 3.8) is 0 Å². The summed E-state index contributed by atoms with van der Waals surface area (Å²) in [5, 5.41) is 10.2. The van der Waals surface area contributed by atoms with E-state index in [1.54, 1.807) is 26.8 Å². The summed E-state index contributed by atoms with van der Waals surface area (Å²) in [6.07, 6.45) is 3.46. The molecule has 0 bridgehead atoms. The highest BCUT2D eigenvalue weighted by atomic mass is 32.2. The molecule has 0 spiro atoms. The predicted molar refractivity (Wildman–Crippen MR) is 85.0 cm³/mol. The van der Waals surface area contributed by atoms with E-state index in [0.29, 0.717) is 12.4 Å². The van der Waals surface area contributed by atoms with E-state index >= 15 is 0 Å². The van der Waals surface area contributed by atoms with Crippen LogP contribution in [0.2, 0.25) is 0 Å². The van der Waals surface area contributed by atoms with Gasteiger partial charge in [0.25, 0.3) is 12.2 Å². The van der Waals surface area contributed by atoms with Gasteiger partial charge in [-0.1, -0.05) is 18.2 Å². The third kappa shape index (κ3) is 5.15. The lowest BCUT2D eigenvalue weighted by Crippen LogP contribution is -2.32. The second-order valence-electron chi connectivity index (χ2n) is 5.04. The first-order valence-corrected chi connectivity index (χ1v) is 8.62. The van der Waals surface area contributed by atoms with Crippen LogP contribution in [-0.2, 0) is 23.7 Å². The van der Waals surface area contributed by atoms with Gasteiger partial charge in [0.15, 0.2) is 0 Å². The van der Waals surface area contributed by atoms with Gasteiger partial charge in [0, 0.05) is 17.9 Å². The summed E-state index contributed by atoms with van der Waals surface area (Å²) in [5.74, 6) is 0.299. The Balaban J connectivity index is 2.07. The summed E-state index contributed by atoms with van der Waals surface area (Å²) in [7, 11) is -0.555. The topological polar surface area (TPSA) is 94.5 Å². The molecule has 0 atom stereocenters. The maximum absolute atomic E-state index is 10.7. The molecule has 124 valence electrons. The van der Waals surface area contributed by atoms with Crippen LogP contribution in [0.25, 0.3) is 0 Å². The van der Waals surface area contributed by atoms with Crippen molar-refractivity contribution in [2.45, 2.75) is 13.0 Å². The van der Waals surface area contributed by atoms with E-state index in [9.17, 15) is 13.0 Å². The molecule has 0 aliphatic rings.